The van der Waals surface area contributed by atoms with Gasteiger partial charge in [-0.15, -0.1) is 0 Å². The molecule has 8 nitrogen and oxygen atoms in total. The van der Waals surface area contributed by atoms with E-state index in [1.165, 1.54) is 6.07 Å². The third-order valence-corrected chi connectivity index (χ3v) is 2.85. The van der Waals surface area contributed by atoms with E-state index in [1.54, 1.807) is 18.2 Å². The Morgan fingerprint density at radius 1 is 1.25 bits per heavy atom. The summed E-state index contributed by atoms with van der Waals surface area (Å²) in [6.45, 7) is 5.57. The highest BCUT2D eigenvalue weighted by molar-refractivity contribution is 5.81. The zero-order chi connectivity index (χ0) is 18.2. The largest absolute Gasteiger partial charge is 0.456 e. The summed E-state index contributed by atoms with van der Waals surface area (Å²) in [7, 11) is 0. The van der Waals surface area contributed by atoms with E-state index < -0.39 is 10.9 Å². The summed E-state index contributed by atoms with van der Waals surface area (Å²) in [6.07, 6.45) is 0.558. The van der Waals surface area contributed by atoms with Gasteiger partial charge in [-0.25, -0.2) is 0 Å². The Morgan fingerprint density at radius 2 is 1.92 bits per heavy atom. The van der Waals surface area contributed by atoms with E-state index in [0.29, 0.717) is 18.7 Å². The van der Waals surface area contributed by atoms with Crippen LogP contribution < -0.4 is 10.6 Å². The van der Waals surface area contributed by atoms with Crippen molar-refractivity contribution >= 4 is 23.3 Å². The van der Waals surface area contributed by atoms with Gasteiger partial charge in [0, 0.05) is 24.6 Å². The van der Waals surface area contributed by atoms with Gasteiger partial charge in [-0.05, 0) is 33.3 Å². The SMILES string of the molecule is CC(C)(C)NC(=O)COC(=O)CCCNc1ccccc1[N+](=O)[O-]. The number of hydrogen-bond donors (Lipinski definition) is 2. The molecule has 0 unspecified atom stereocenters. The number of hydrogen-bond acceptors (Lipinski definition) is 6. The van der Waals surface area contributed by atoms with E-state index in [4.69, 9.17) is 4.74 Å². The van der Waals surface area contributed by atoms with Crippen molar-refractivity contribution in [2.75, 3.05) is 18.5 Å². The first kappa shape index (κ1) is 19.4. The summed E-state index contributed by atoms with van der Waals surface area (Å²) < 4.78 is 4.88. The molecule has 2 N–H and O–H groups in total. The topological polar surface area (TPSA) is 111 Å². The fourth-order valence-electron chi connectivity index (χ4n) is 1.91. The van der Waals surface area contributed by atoms with Gasteiger partial charge in [0.25, 0.3) is 11.6 Å². The third kappa shape index (κ3) is 7.57. The van der Waals surface area contributed by atoms with Crippen LogP contribution in [0.4, 0.5) is 11.4 Å². The van der Waals surface area contributed by atoms with Crippen LogP contribution in [-0.4, -0.2) is 35.5 Å². The van der Waals surface area contributed by atoms with Crippen LogP contribution in [-0.2, 0) is 14.3 Å². The molecule has 0 saturated carbocycles. The minimum atomic E-state index is -0.483. The molecule has 1 aromatic carbocycles. The highest BCUT2D eigenvalue weighted by Crippen LogP contribution is 2.22. The molecule has 0 heterocycles. The first-order valence-corrected chi connectivity index (χ1v) is 7.63. The van der Waals surface area contributed by atoms with E-state index in [2.05, 4.69) is 10.6 Å². The highest BCUT2D eigenvalue weighted by atomic mass is 16.6. The van der Waals surface area contributed by atoms with Gasteiger partial charge in [-0.2, -0.15) is 0 Å². The lowest BCUT2D eigenvalue weighted by Crippen LogP contribution is -2.42. The van der Waals surface area contributed by atoms with Crippen LogP contribution in [0.5, 0.6) is 0 Å². The quantitative estimate of drug-likeness (QED) is 0.326. The molecule has 24 heavy (non-hydrogen) atoms. The van der Waals surface area contributed by atoms with Gasteiger partial charge in [-0.1, -0.05) is 12.1 Å². The lowest BCUT2D eigenvalue weighted by Gasteiger charge is -2.20. The zero-order valence-electron chi connectivity index (χ0n) is 14.1. The molecule has 8 heteroatoms. The van der Waals surface area contributed by atoms with E-state index >= 15 is 0 Å². The number of para-hydroxylation sites is 2. The number of benzene rings is 1. The van der Waals surface area contributed by atoms with Gasteiger partial charge < -0.3 is 15.4 Å². The number of anilines is 1. The zero-order valence-corrected chi connectivity index (χ0v) is 14.1. The summed E-state index contributed by atoms with van der Waals surface area (Å²) in [5.41, 5.74) is 0.0111. The van der Waals surface area contributed by atoms with Gasteiger partial charge in [0.2, 0.25) is 0 Å². The second kappa shape index (κ2) is 8.85. The molecule has 0 aliphatic rings. The maximum atomic E-state index is 11.6. The van der Waals surface area contributed by atoms with Crippen molar-refractivity contribution in [3.8, 4) is 0 Å². The minimum Gasteiger partial charge on any atom is -0.456 e. The Balaban J connectivity index is 2.27. The van der Waals surface area contributed by atoms with Crippen molar-refractivity contribution in [1.29, 1.82) is 0 Å². The fraction of sp³-hybridized carbons (Fsp3) is 0.500. The molecule has 0 radical (unpaired) electrons. The molecule has 132 valence electrons. The number of ether oxygens (including phenoxy) is 1. The van der Waals surface area contributed by atoms with Crippen LogP contribution in [0.15, 0.2) is 24.3 Å². The molecule has 0 aliphatic carbocycles. The Hall–Kier alpha value is -2.64. The average molecular weight is 337 g/mol. The number of nitrogens with zero attached hydrogens (tertiary/aromatic N) is 1. The Kier molecular flexibility index (Phi) is 7.16. The molecule has 0 atom stereocenters. The van der Waals surface area contributed by atoms with E-state index in [-0.39, 0.29) is 30.2 Å². The Bertz CT molecular complexity index is 596. The molecule has 0 aromatic heterocycles. The van der Waals surface area contributed by atoms with Crippen LogP contribution >= 0.6 is 0 Å². The number of carbonyl (C=O) groups excluding carboxylic acids is 2. The van der Waals surface area contributed by atoms with E-state index in [1.807, 2.05) is 20.8 Å². The molecule has 1 rings (SSSR count). The lowest BCUT2D eigenvalue weighted by atomic mass is 10.1. The van der Waals surface area contributed by atoms with Gasteiger partial charge in [0.05, 0.1) is 4.92 Å². The van der Waals surface area contributed by atoms with Crippen molar-refractivity contribution in [2.24, 2.45) is 0 Å². The molecule has 0 saturated heterocycles. The number of carbonyl (C=O) groups is 2. The number of nitro benzene ring substituents is 1. The molecule has 0 aliphatic heterocycles. The monoisotopic (exact) mass is 337 g/mol. The van der Waals surface area contributed by atoms with Gasteiger partial charge in [0.15, 0.2) is 6.61 Å². The van der Waals surface area contributed by atoms with Crippen LogP contribution in [0, 0.1) is 10.1 Å². The molecule has 1 aromatic rings. The normalized spacial score (nSPS) is 10.8. The molecule has 0 spiro atoms. The van der Waals surface area contributed by atoms with E-state index in [9.17, 15) is 19.7 Å². The predicted molar refractivity (Wildman–Crippen MR) is 89.7 cm³/mol. The van der Waals surface area contributed by atoms with Crippen LogP contribution in [0.25, 0.3) is 0 Å². The predicted octanol–water partition coefficient (Wildman–Crippen LogP) is 2.24. The van der Waals surface area contributed by atoms with Crippen LogP contribution in [0.1, 0.15) is 33.6 Å². The number of amides is 1. The maximum absolute atomic E-state index is 11.6. The molecular weight excluding hydrogens is 314 g/mol. The Morgan fingerprint density at radius 3 is 2.54 bits per heavy atom. The van der Waals surface area contributed by atoms with Crippen LogP contribution in [0.2, 0.25) is 0 Å². The standard InChI is InChI=1S/C16H23N3O5/c1-16(2,3)18-14(20)11-24-15(21)9-6-10-17-12-7-4-5-8-13(12)19(22)23/h4-5,7-8,17H,6,9-11H2,1-3H3,(H,18,20). The van der Waals surface area contributed by atoms with Gasteiger partial charge in [-0.3, -0.25) is 19.7 Å². The summed E-state index contributed by atoms with van der Waals surface area (Å²) in [5.74, 6) is -0.836. The molecule has 1 amide bonds. The summed E-state index contributed by atoms with van der Waals surface area (Å²) in [6, 6.07) is 6.29. The number of nitrogens with one attached hydrogen (secondary N) is 2. The first-order chi connectivity index (χ1) is 11.2. The third-order valence-electron chi connectivity index (χ3n) is 2.85. The number of nitro groups is 1. The van der Waals surface area contributed by atoms with E-state index in [0.717, 1.165) is 0 Å². The number of rotatable bonds is 8. The smallest absolute Gasteiger partial charge is 0.306 e. The average Bonchev–Trinajstić information content (AvgIpc) is 2.48. The lowest BCUT2D eigenvalue weighted by molar-refractivity contribution is -0.384. The molecule has 0 fully saturated rings. The Labute approximate surface area is 140 Å². The summed E-state index contributed by atoms with van der Waals surface area (Å²) in [4.78, 5) is 33.5. The second-order valence-electron chi connectivity index (χ2n) is 6.26. The van der Waals surface area contributed by atoms with Gasteiger partial charge in [0.1, 0.15) is 5.69 Å². The molecular formula is C16H23N3O5. The second-order valence-corrected chi connectivity index (χ2v) is 6.26. The van der Waals surface area contributed by atoms with Crippen molar-refractivity contribution in [3.05, 3.63) is 34.4 Å². The van der Waals surface area contributed by atoms with Crippen LogP contribution in [0.3, 0.4) is 0 Å². The minimum absolute atomic E-state index is 0.0149. The van der Waals surface area contributed by atoms with Crippen molar-refractivity contribution in [3.63, 3.8) is 0 Å². The number of esters is 1. The van der Waals surface area contributed by atoms with Crippen molar-refractivity contribution in [2.45, 2.75) is 39.2 Å². The van der Waals surface area contributed by atoms with Crippen molar-refractivity contribution < 1.29 is 19.2 Å². The van der Waals surface area contributed by atoms with Crippen molar-refractivity contribution in [1.82, 2.24) is 5.32 Å². The first-order valence-electron chi connectivity index (χ1n) is 7.63. The summed E-state index contributed by atoms with van der Waals surface area (Å²) >= 11 is 0. The highest BCUT2D eigenvalue weighted by Gasteiger charge is 2.15. The maximum Gasteiger partial charge on any atom is 0.306 e. The summed E-state index contributed by atoms with van der Waals surface area (Å²) in [5, 5.41) is 16.5. The molecule has 0 bridgehead atoms. The van der Waals surface area contributed by atoms with Gasteiger partial charge >= 0.3 is 5.97 Å². The fourth-order valence-corrected chi connectivity index (χ4v) is 1.91.